The summed E-state index contributed by atoms with van der Waals surface area (Å²) >= 11 is 9.31. The molecule has 0 spiro atoms. The van der Waals surface area contributed by atoms with Crippen molar-refractivity contribution < 1.29 is 13.9 Å². The van der Waals surface area contributed by atoms with Gasteiger partial charge < -0.3 is 4.74 Å². The van der Waals surface area contributed by atoms with Crippen molar-refractivity contribution in [2.75, 3.05) is 0 Å². The standard InChI is InChI=1S/C20H14BrClFNO2.ClH/c21-14-3-9-18(10-4-14)26-20(13-1-5-15(22)6-2-13)19(25)11-17-8-7-16(23)12-24-17;/h1-10,12,20H,11H2;1H. The minimum atomic E-state index is -0.819. The molecule has 0 aliphatic carbocycles. The average Bonchev–Trinajstić information content (AvgIpc) is 2.64. The van der Waals surface area contributed by atoms with E-state index in [1.54, 1.807) is 36.4 Å². The number of pyridine rings is 1. The lowest BCUT2D eigenvalue weighted by molar-refractivity contribution is -0.125. The summed E-state index contributed by atoms with van der Waals surface area (Å²) in [5.41, 5.74) is 1.17. The van der Waals surface area contributed by atoms with Crippen molar-refractivity contribution in [2.45, 2.75) is 12.5 Å². The minimum absolute atomic E-state index is 0. The van der Waals surface area contributed by atoms with Gasteiger partial charge in [-0.05, 0) is 54.1 Å². The van der Waals surface area contributed by atoms with E-state index in [1.807, 2.05) is 12.1 Å². The molecule has 0 amide bonds. The van der Waals surface area contributed by atoms with Crippen molar-refractivity contribution in [3.8, 4) is 5.75 Å². The Morgan fingerprint density at radius 3 is 2.33 bits per heavy atom. The fraction of sp³-hybridized carbons (Fsp3) is 0.100. The second-order valence-electron chi connectivity index (χ2n) is 5.61. The molecule has 1 atom stereocenters. The first-order chi connectivity index (χ1) is 12.5. The summed E-state index contributed by atoms with van der Waals surface area (Å²) in [6.45, 7) is 0. The van der Waals surface area contributed by atoms with Gasteiger partial charge in [0.25, 0.3) is 0 Å². The Morgan fingerprint density at radius 1 is 1.07 bits per heavy atom. The van der Waals surface area contributed by atoms with Gasteiger partial charge in [-0.2, -0.15) is 0 Å². The molecule has 7 heteroatoms. The predicted octanol–water partition coefficient (Wildman–Crippen LogP) is 5.99. The SMILES string of the molecule is Cl.O=C(Cc1ccc(F)cn1)C(Oc1ccc(Br)cc1)c1ccc(Cl)cc1. The number of hydrogen-bond donors (Lipinski definition) is 0. The number of ketones is 1. The summed E-state index contributed by atoms with van der Waals surface area (Å²) in [5, 5.41) is 0.573. The molecular weight excluding hydrogens is 456 g/mol. The van der Waals surface area contributed by atoms with Gasteiger partial charge in [0.1, 0.15) is 11.6 Å². The number of nitrogens with zero attached hydrogens (tertiary/aromatic N) is 1. The zero-order valence-electron chi connectivity index (χ0n) is 13.9. The van der Waals surface area contributed by atoms with Gasteiger partial charge in [0.15, 0.2) is 11.9 Å². The number of benzene rings is 2. The maximum absolute atomic E-state index is 13.0. The van der Waals surface area contributed by atoms with Crippen LogP contribution >= 0.6 is 39.9 Å². The molecule has 0 fully saturated rings. The molecule has 0 saturated heterocycles. The van der Waals surface area contributed by atoms with E-state index in [1.165, 1.54) is 12.1 Å². The zero-order valence-corrected chi connectivity index (χ0v) is 17.1. The highest BCUT2D eigenvalue weighted by Crippen LogP contribution is 2.26. The highest BCUT2D eigenvalue weighted by Gasteiger charge is 2.23. The lowest BCUT2D eigenvalue weighted by Gasteiger charge is -2.19. The van der Waals surface area contributed by atoms with Crippen molar-refractivity contribution in [2.24, 2.45) is 0 Å². The molecule has 1 aromatic heterocycles. The number of rotatable bonds is 6. The number of halogens is 4. The molecule has 1 heterocycles. The van der Waals surface area contributed by atoms with Crippen LogP contribution in [0.2, 0.25) is 5.02 Å². The van der Waals surface area contributed by atoms with E-state index in [0.29, 0.717) is 22.0 Å². The molecule has 0 aliphatic rings. The van der Waals surface area contributed by atoms with Crippen molar-refractivity contribution >= 4 is 45.7 Å². The summed E-state index contributed by atoms with van der Waals surface area (Å²) in [5.74, 6) is -0.0653. The molecular formula is C20H15BrCl2FNO2. The average molecular weight is 471 g/mol. The highest BCUT2D eigenvalue weighted by atomic mass is 79.9. The molecule has 0 N–H and O–H groups in total. The maximum Gasteiger partial charge on any atom is 0.183 e. The Labute approximate surface area is 176 Å². The lowest BCUT2D eigenvalue weighted by Crippen LogP contribution is -2.21. The first kappa shape index (κ1) is 21.4. The summed E-state index contributed by atoms with van der Waals surface area (Å²) < 4.78 is 19.9. The Balaban J connectivity index is 0.00000261. The van der Waals surface area contributed by atoms with Gasteiger partial charge >= 0.3 is 0 Å². The quantitative estimate of drug-likeness (QED) is 0.444. The van der Waals surface area contributed by atoms with E-state index in [9.17, 15) is 9.18 Å². The number of Topliss-reactive ketones (excluding diaryl/α,β-unsaturated/α-hetero) is 1. The van der Waals surface area contributed by atoms with E-state index in [0.717, 1.165) is 10.7 Å². The summed E-state index contributed by atoms with van der Waals surface area (Å²) in [6.07, 6.45) is 0.305. The van der Waals surface area contributed by atoms with E-state index >= 15 is 0 Å². The van der Waals surface area contributed by atoms with Gasteiger partial charge in [0.05, 0.1) is 12.6 Å². The molecule has 3 aromatic rings. The van der Waals surface area contributed by atoms with Gasteiger partial charge in [-0.25, -0.2) is 4.39 Å². The first-order valence-electron chi connectivity index (χ1n) is 7.82. The molecule has 3 rings (SSSR count). The van der Waals surface area contributed by atoms with Gasteiger partial charge in [-0.1, -0.05) is 39.7 Å². The summed E-state index contributed by atoms with van der Waals surface area (Å²) in [7, 11) is 0. The van der Waals surface area contributed by atoms with Crippen LogP contribution in [0.1, 0.15) is 17.4 Å². The number of aromatic nitrogens is 1. The fourth-order valence-corrected chi connectivity index (χ4v) is 2.78. The molecule has 2 aromatic carbocycles. The molecule has 0 saturated carbocycles. The monoisotopic (exact) mass is 469 g/mol. The normalized spacial score (nSPS) is 11.4. The zero-order chi connectivity index (χ0) is 18.5. The second-order valence-corrected chi connectivity index (χ2v) is 6.97. The third kappa shape index (κ3) is 6.03. The molecule has 3 nitrogen and oxygen atoms in total. The van der Waals surface area contributed by atoms with Crippen LogP contribution in [0.25, 0.3) is 0 Å². The van der Waals surface area contributed by atoms with Crippen LogP contribution in [0.15, 0.2) is 71.3 Å². The second kappa shape index (κ2) is 9.83. The van der Waals surface area contributed by atoms with Crippen LogP contribution in [0.4, 0.5) is 4.39 Å². The molecule has 27 heavy (non-hydrogen) atoms. The van der Waals surface area contributed by atoms with Crippen molar-refractivity contribution in [1.82, 2.24) is 4.98 Å². The van der Waals surface area contributed by atoms with Crippen LogP contribution in [-0.2, 0) is 11.2 Å². The van der Waals surface area contributed by atoms with E-state index in [4.69, 9.17) is 16.3 Å². The van der Waals surface area contributed by atoms with Crippen LogP contribution in [0.5, 0.6) is 5.75 Å². The number of carbonyl (C=O) groups excluding carboxylic acids is 1. The maximum atomic E-state index is 13.0. The molecule has 0 radical (unpaired) electrons. The molecule has 1 unspecified atom stereocenters. The van der Waals surface area contributed by atoms with Crippen molar-refractivity contribution in [3.63, 3.8) is 0 Å². The van der Waals surface area contributed by atoms with E-state index in [2.05, 4.69) is 20.9 Å². The largest absolute Gasteiger partial charge is 0.478 e. The molecule has 140 valence electrons. The Morgan fingerprint density at radius 2 is 1.74 bits per heavy atom. The topological polar surface area (TPSA) is 39.2 Å². The molecule has 0 aliphatic heterocycles. The van der Waals surface area contributed by atoms with E-state index in [-0.39, 0.29) is 24.6 Å². The van der Waals surface area contributed by atoms with Gasteiger partial charge in [0.2, 0.25) is 0 Å². The van der Waals surface area contributed by atoms with E-state index < -0.39 is 11.9 Å². The van der Waals surface area contributed by atoms with Gasteiger partial charge in [0, 0.05) is 15.2 Å². The van der Waals surface area contributed by atoms with Gasteiger partial charge in [-0.3, -0.25) is 9.78 Å². The summed E-state index contributed by atoms with van der Waals surface area (Å²) in [6, 6.07) is 16.9. The number of hydrogen-bond acceptors (Lipinski definition) is 3. The minimum Gasteiger partial charge on any atom is -0.478 e. The Kier molecular flexibility index (Phi) is 7.78. The summed E-state index contributed by atoms with van der Waals surface area (Å²) in [4.78, 5) is 16.8. The lowest BCUT2D eigenvalue weighted by atomic mass is 10.0. The predicted molar refractivity (Wildman–Crippen MR) is 109 cm³/mol. The third-order valence-electron chi connectivity index (χ3n) is 3.68. The Bertz CT molecular complexity index is 887. The van der Waals surface area contributed by atoms with Crippen LogP contribution in [-0.4, -0.2) is 10.8 Å². The highest BCUT2D eigenvalue weighted by molar-refractivity contribution is 9.10. The fourth-order valence-electron chi connectivity index (χ4n) is 2.39. The van der Waals surface area contributed by atoms with Crippen LogP contribution in [0.3, 0.4) is 0 Å². The Hall–Kier alpha value is -1.95. The smallest absolute Gasteiger partial charge is 0.183 e. The van der Waals surface area contributed by atoms with Crippen LogP contribution in [0, 0.1) is 5.82 Å². The number of carbonyl (C=O) groups is 1. The first-order valence-corrected chi connectivity index (χ1v) is 8.99. The van der Waals surface area contributed by atoms with Gasteiger partial charge in [-0.15, -0.1) is 12.4 Å². The van der Waals surface area contributed by atoms with Crippen LogP contribution < -0.4 is 4.74 Å². The van der Waals surface area contributed by atoms with Crippen molar-refractivity contribution in [3.05, 3.63) is 93.4 Å². The number of ether oxygens (including phenoxy) is 1. The third-order valence-corrected chi connectivity index (χ3v) is 4.46. The molecule has 0 bridgehead atoms. The van der Waals surface area contributed by atoms with Crippen molar-refractivity contribution in [1.29, 1.82) is 0 Å².